The topological polar surface area (TPSA) is 106 Å². The molecule has 2 heterocycles. The average molecular weight is 494 g/mol. The Balaban J connectivity index is 1.36. The number of aromatic nitrogens is 1. The molecule has 0 saturated carbocycles. The van der Waals surface area contributed by atoms with Gasteiger partial charge in [0, 0.05) is 16.5 Å². The highest BCUT2D eigenvalue weighted by Crippen LogP contribution is 2.33. The zero-order chi connectivity index (χ0) is 25.8. The molecule has 5 rings (SSSR count). The van der Waals surface area contributed by atoms with Gasteiger partial charge in [0.15, 0.2) is 11.5 Å². The van der Waals surface area contributed by atoms with Crippen molar-refractivity contribution < 1.29 is 23.5 Å². The van der Waals surface area contributed by atoms with E-state index in [0.29, 0.717) is 17.0 Å². The zero-order valence-electron chi connectivity index (χ0n) is 20.1. The van der Waals surface area contributed by atoms with Crippen LogP contribution in [0, 0.1) is 6.92 Å². The van der Waals surface area contributed by atoms with Gasteiger partial charge < -0.3 is 18.9 Å². The molecule has 0 spiro atoms. The lowest BCUT2D eigenvalue weighted by molar-refractivity contribution is 0.0696. The maximum atomic E-state index is 13.1. The van der Waals surface area contributed by atoms with Crippen LogP contribution in [0.5, 0.6) is 11.5 Å². The Morgan fingerprint density at radius 3 is 2.57 bits per heavy atom. The molecular formula is C29H23N3O5. The molecule has 184 valence electrons. The smallest absolute Gasteiger partial charge is 0.379 e. The highest BCUT2D eigenvalue weighted by Gasteiger charge is 2.19. The summed E-state index contributed by atoms with van der Waals surface area (Å²) in [6, 6.07) is 23.8. The van der Waals surface area contributed by atoms with Gasteiger partial charge in [0.2, 0.25) is 5.76 Å². The SMILES string of the molecule is COc1cc(C=NNC(=O)c2[nH]c3ccc(C)cc3c2-c2ccccc2)ccc1OC(=O)c1ccco1. The molecule has 5 aromatic rings. The first-order chi connectivity index (χ1) is 18.0. The number of methoxy groups -OCH3 is 1. The summed E-state index contributed by atoms with van der Waals surface area (Å²) in [6.07, 6.45) is 2.87. The fraction of sp³-hybridized carbons (Fsp3) is 0.0690. The average Bonchev–Trinajstić information content (AvgIpc) is 3.58. The normalized spacial score (nSPS) is 11.1. The van der Waals surface area contributed by atoms with Gasteiger partial charge in [-0.3, -0.25) is 4.79 Å². The maximum absolute atomic E-state index is 13.1. The number of hydrogen-bond donors (Lipinski definition) is 2. The largest absolute Gasteiger partial charge is 0.493 e. The standard InChI is InChI=1S/C29H23N3O5/c1-18-10-12-22-21(15-18)26(20-7-4-3-5-8-20)27(31-22)28(33)32-30-17-19-11-13-23(25(16-19)35-2)37-29(34)24-9-6-14-36-24/h3-17,31H,1-2H3,(H,32,33). The number of ether oxygens (including phenoxy) is 2. The summed E-state index contributed by atoms with van der Waals surface area (Å²) in [4.78, 5) is 28.6. The fourth-order valence-electron chi connectivity index (χ4n) is 4.00. The van der Waals surface area contributed by atoms with Crippen LogP contribution in [0.1, 0.15) is 32.2 Å². The second-order valence-corrected chi connectivity index (χ2v) is 8.27. The summed E-state index contributed by atoms with van der Waals surface area (Å²) in [5, 5.41) is 5.09. The van der Waals surface area contributed by atoms with Crippen LogP contribution in [-0.2, 0) is 0 Å². The van der Waals surface area contributed by atoms with E-state index in [1.54, 1.807) is 24.3 Å². The van der Waals surface area contributed by atoms with Gasteiger partial charge in [-0.05, 0) is 60.5 Å². The number of nitrogens with one attached hydrogen (secondary N) is 2. The molecular weight excluding hydrogens is 470 g/mol. The molecule has 1 amide bonds. The number of hydrogen-bond acceptors (Lipinski definition) is 6. The second kappa shape index (κ2) is 10.2. The van der Waals surface area contributed by atoms with Gasteiger partial charge in [0.05, 0.1) is 19.6 Å². The lowest BCUT2D eigenvalue weighted by atomic mass is 10.0. The number of H-pyrrole nitrogens is 1. The lowest BCUT2D eigenvalue weighted by Gasteiger charge is -2.09. The van der Waals surface area contributed by atoms with Crippen LogP contribution in [0.3, 0.4) is 0 Å². The number of amides is 1. The van der Waals surface area contributed by atoms with E-state index in [4.69, 9.17) is 13.9 Å². The number of furan rings is 1. The summed E-state index contributed by atoms with van der Waals surface area (Å²) in [6.45, 7) is 2.02. The van der Waals surface area contributed by atoms with E-state index in [0.717, 1.165) is 27.6 Å². The van der Waals surface area contributed by atoms with E-state index in [9.17, 15) is 9.59 Å². The van der Waals surface area contributed by atoms with E-state index in [1.807, 2.05) is 49.4 Å². The number of nitrogens with zero attached hydrogens (tertiary/aromatic N) is 1. The molecule has 0 radical (unpaired) electrons. The molecule has 0 aliphatic carbocycles. The number of benzene rings is 3. The van der Waals surface area contributed by atoms with Crippen molar-refractivity contribution in [1.29, 1.82) is 0 Å². The first kappa shape index (κ1) is 23.6. The zero-order valence-corrected chi connectivity index (χ0v) is 20.1. The number of aryl methyl sites for hydroxylation is 1. The number of fused-ring (bicyclic) bond motifs is 1. The first-order valence-electron chi connectivity index (χ1n) is 11.5. The van der Waals surface area contributed by atoms with Gasteiger partial charge in [-0.15, -0.1) is 0 Å². The quantitative estimate of drug-likeness (QED) is 0.130. The molecule has 0 aliphatic rings. The van der Waals surface area contributed by atoms with E-state index < -0.39 is 5.97 Å². The molecule has 0 bridgehead atoms. The van der Waals surface area contributed by atoms with Gasteiger partial charge in [0.25, 0.3) is 5.91 Å². The fourth-order valence-corrected chi connectivity index (χ4v) is 4.00. The van der Waals surface area contributed by atoms with Crippen molar-refractivity contribution in [3.63, 3.8) is 0 Å². The number of rotatable bonds is 7. The van der Waals surface area contributed by atoms with Crippen molar-refractivity contribution >= 4 is 29.0 Å². The third kappa shape index (κ3) is 4.99. The van der Waals surface area contributed by atoms with Gasteiger partial charge >= 0.3 is 5.97 Å². The van der Waals surface area contributed by atoms with Crippen molar-refractivity contribution in [2.45, 2.75) is 6.92 Å². The molecule has 0 saturated heterocycles. The van der Waals surface area contributed by atoms with Crippen molar-refractivity contribution in [1.82, 2.24) is 10.4 Å². The molecule has 0 atom stereocenters. The highest BCUT2D eigenvalue weighted by atomic mass is 16.6. The molecule has 0 unspecified atom stereocenters. The van der Waals surface area contributed by atoms with Crippen LogP contribution >= 0.6 is 0 Å². The predicted octanol–water partition coefficient (Wildman–Crippen LogP) is 5.73. The van der Waals surface area contributed by atoms with E-state index >= 15 is 0 Å². The number of esters is 1. The summed E-state index contributed by atoms with van der Waals surface area (Å²) in [5.74, 6) is -0.379. The number of aromatic amines is 1. The van der Waals surface area contributed by atoms with Gasteiger partial charge in [0.1, 0.15) is 5.69 Å². The number of carbonyl (C=O) groups excluding carboxylic acids is 2. The first-order valence-corrected chi connectivity index (χ1v) is 11.5. The maximum Gasteiger partial charge on any atom is 0.379 e. The second-order valence-electron chi connectivity index (χ2n) is 8.27. The van der Waals surface area contributed by atoms with Crippen molar-refractivity contribution in [2.24, 2.45) is 5.10 Å². The van der Waals surface area contributed by atoms with Crippen LogP contribution in [0.4, 0.5) is 0 Å². The minimum Gasteiger partial charge on any atom is -0.493 e. The third-order valence-corrected chi connectivity index (χ3v) is 5.74. The van der Waals surface area contributed by atoms with Crippen molar-refractivity contribution in [2.75, 3.05) is 7.11 Å². The van der Waals surface area contributed by atoms with Crippen LogP contribution in [0.2, 0.25) is 0 Å². The summed E-state index contributed by atoms with van der Waals surface area (Å²) in [5.41, 5.74) is 7.35. The van der Waals surface area contributed by atoms with E-state index in [1.165, 1.54) is 25.7 Å². The third-order valence-electron chi connectivity index (χ3n) is 5.74. The number of carbonyl (C=O) groups is 2. The Kier molecular flexibility index (Phi) is 6.54. The minimum atomic E-state index is -0.639. The van der Waals surface area contributed by atoms with Crippen LogP contribution in [0.25, 0.3) is 22.0 Å². The molecule has 3 aromatic carbocycles. The van der Waals surface area contributed by atoms with Gasteiger partial charge in [-0.1, -0.05) is 42.0 Å². The molecule has 2 aromatic heterocycles. The molecule has 0 aliphatic heterocycles. The molecule has 8 nitrogen and oxygen atoms in total. The van der Waals surface area contributed by atoms with Crippen LogP contribution in [0.15, 0.2) is 94.6 Å². The van der Waals surface area contributed by atoms with Gasteiger partial charge in [-0.2, -0.15) is 5.10 Å². The van der Waals surface area contributed by atoms with Crippen molar-refractivity contribution in [3.05, 3.63) is 108 Å². The summed E-state index contributed by atoms with van der Waals surface area (Å²) in [7, 11) is 1.46. The Hall–Kier alpha value is -5.11. The van der Waals surface area contributed by atoms with E-state index in [2.05, 4.69) is 21.6 Å². The molecule has 0 fully saturated rings. The Morgan fingerprint density at radius 2 is 1.81 bits per heavy atom. The Bertz CT molecular complexity index is 1600. The summed E-state index contributed by atoms with van der Waals surface area (Å²) < 4.78 is 15.8. The predicted molar refractivity (Wildman–Crippen MR) is 140 cm³/mol. The van der Waals surface area contributed by atoms with Crippen molar-refractivity contribution in [3.8, 4) is 22.6 Å². The van der Waals surface area contributed by atoms with Crippen LogP contribution < -0.4 is 14.9 Å². The monoisotopic (exact) mass is 493 g/mol. The Morgan fingerprint density at radius 1 is 0.973 bits per heavy atom. The summed E-state index contributed by atoms with van der Waals surface area (Å²) >= 11 is 0. The van der Waals surface area contributed by atoms with E-state index in [-0.39, 0.29) is 17.4 Å². The molecule has 37 heavy (non-hydrogen) atoms. The molecule has 2 N–H and O–H groups in total. The lowest BCUT2D eigenvalue weighted by Crippen LogP contribution is -2.18. The highest BCUT2D eigenvalue weighted by molar-refractivity contribution is 6.10. The molecule has 8 heteroatoms. The number of hydrazone groups is 1. The van der Waals surface area contributed by atoms with Gasteiger partial charge in [-0.25, -0.2) is 10.2 Å². The minimum absolute atomic E-state index is 0.0809. The Labute approximate surface area is 212 Å². The van der Waals surface area contributed by atoms with Crippen LogP contribution in [-0.4, -0.2) is 30.2 Å².